The van der Waals surface area contributed by atoms with Crippen molar-refractivity contribution in [3.63, 3.8) is 0 Å². The largest absolute Gasteiger partial charge is 0.454 e. The lowest BCUT2D eigenvalue weighted by molar-refractivity contribution is -0.129. The minimum Gasteiger partial charge on any atom is -0.454 e. The van der Waals surface area contributed by atoms with Crippen molar-refractivity contribution in [3.8, 4) is 11.5 Å². The quantitative estimate of drug-likeness (QED) is 0.748. The molecule has 0 bridgehead atoms. The fourth-order valence-corrected chi connectivity index (χ4v) is 3.08. The van der Waals surface area contributed by atoms with E-state index in [0.29, 0.717) is 30.2 Å². The van der Waals surface area contributed by atoms with Gasteiger partial charge in [0.2, 0.25) is 12.7 Å². The van der Waals surface area contributed by atoms with E-state index in [9.17, 15) is 4.79 Å². The first-order chi connectivity index (χ1) is 12.6. The number of carbonyl (C=O) groups excluding carboxylic acids is 1. The van der Waals surface area contributed by atoms with E-state index in [-0.39, 0.29) is 12.7 Å². The highest BCUT2D eigenvalue weighted by atomic mass is 35.5. The van der Waals surface area contributed by atoms with E-state index in [1.54, 1.807) is 11.9 Å². The van der Waals surface area contributed by atoms with Crippen molar-refractivity contribution >= 4 is 28.5 Å². The molecule has 3 aromatic rings. The Balaban J connectivity index is 1.36. The lowest BCUT2D eigenvalue weighted by Crippen LogP contribution is -2.30. The molecule has 1 N–H and O–H groups in total. The number of hydrogen-bond acceptors (Lipinski definition) is 4. The summed E-state index contributed by atoms with van der Waals surface area (Å²) in [7, 11) is 1.80. The van der Waals surface area contributed by atoms with Crippen molar-refractivity contribution < 1.29 is 14.3 Å². The Hall–Kier alpha value is -2.73. The Bertz CT molecular complexity index is 970. The standard InChI is InChI=1S/C19H18ClN3O3/c1-23(7-6-18-21-14-4-3-13(20)10-15(14)22-18)19(24)9-12-2-5-16-17(8-12)26-11-25-16/h2-5,8,10H,6-7,9,11H2,1H3,(H,21,22). The molecule has 0 radical (unpaired) electrons. The maximum Gasteiger partial charge on any atom is 0.231 e. The summed E-state index contributed by atoms with van der Waals surface area (Å²) in [6.07, 6.45) is 0.971. The molecule has 0 unspecified atom stereocenters. The zero-order chi connectivity index (χ0) is 18.1. The topological polar surface area (TPSA) is 67.5 Å². The predicted octanol–water partition coefficient (Wildman–Crippen LogP) is 3.19. The molecule has 1 aliphatic rings. The van der Waals surface area contributed by atoms with Gasteiger partial charge in [0.15, 0.2) is 11.5 Å². The third kappa shape index (κ3) is 3.46. The number of nitrogens with one attached hydrogen (secondary N) is 1. The van der Waals surface area contributed by atoms with Gasteiger partial charge in [-0.1, -0.05) is 17.7 Å². The second-order valence-corrected chi connectivity index (χ2v) is 6.71. The first kappa shape index (κ1) is 16.7. The number of imidazole rings is 1. The van der Waals surface area contributed by atoms with Crippen LogP contribution in [0.2, 0.25) is 5.02 Å². The molecule has 0 spiro atoms. The number of benzene rings is 2. The number of ether oxygens (including phenoxy) is 2. The average Bonchev–Trinajstić information content (AvgIpc) is 3.24. The average molecular weight is 372 g/mol. The number of likely N-dealkylation sites (N-methyl/N-ethyl adjacent to an activating group) is 1. The van der Waals surface area contributed by atoms with Crippen molar-refractivity contribution in [1.82, 2.24) is 14.9 Å². The summed E-state index contributed by atoms with van der Waals surface area (Å²) < 4.78 is 10.6. The Morgan fingerprint density at radius 2 is 2.08 bits per heavy atom. The first-order valence-corrected chi connectivity index (χ1v) is 8.73. The highest BCUT2D eigenvalue weighted by Crippen LogP contribution is 2.32. The molecule has 0 aliphatic carbocycles. The zero-order valence-electron chi connectivity index (χ0n) is 14.3. The molecular weight excluding hydrogens is 354 g/mol. The number of nitrogens with zero attached hydrogens (tertiary/aromatic N) is 2. The fourth-order valence-electron chi connectivity index (χ4n) is 2.91. The minimum atomic E-state index is 0.0445. The summed E-state index contributed by atoms with van der Waals surface area (Å²) >= 11 is 5.99. The van der Waals surface area contributed by atoms with Gasteiger partial charge in [0.05, 0.1) is 17.5 Å². The molecule has 1 aliphatic heterocycles. The van der Waals surface area contributed by atoms with Gasteiger partial charge in [-0.15, -0.1) is 0 Å². The van der Waals surface area contributed by atoms with Crippen molar-refractivity contribution in [2.24, 2.45) is 0 Å². The van der Waals surface area contributed by atoms with Gasteiger partial charge in [-0.3, -0.25) is 4.79 Å². The summed E-state index contributed by atoms with van der Waals surface area (Å²) in [6, 6.07) is 11.1. The zero-order valence-corrected chi connectivity index (χ0v) is 15.0. The van der Waals surface area contributed by atoms with Gasteiger partial charge in [0, 0.05) is 25.0 Å². The molecule has 2 aromatic carbocycles. The molecule has 2 heterocycles. The van der Waals surface area contributed by atoms with Crippen LogP contribution >= 0.6 is 11.6 Å². The van der Waals surface area contributed by atoms with E-state index in [1.165, 1.54) is 0 Å². The second kappa shape index (κ2) is 6.88. The number of H-pyrrole nitrogens is 1. The van der Waals surface area contributed by atoms with Crippen LogP contribution in [0, 0.1) is 0 Å². The SMILES string of the molecule is CN(CCc1nc2ccc(Cl)cc2[nH]1)C(=O)Cc1ccc2c(c1)OCO2. The van der Waals surface area contributed by atoms with E-state index in [4.69, 9.17) is 21.1 Å². The van der Waals surface area contributed by atoms with Crippen LogP contribution in [-0.2, 0) is 17.6 Å². The van der Waals surface area contributed by atoms with Gasteiger partial charge in [-0.25, -0.2) is 4.98 Å². The van der Waals surface area contributed by atoms with Crippen LogP contribution in [0.25, 0.3) is 11.0 Å². The van der Waals surface area contributed by atoms with Crippen LogP contribution in [0.1, 0.15) is 11.4 Å². The number of hydrogen-bond donors (Lipinski definition) is 1. The Kier molecular flexibility index (Phi) is 4.42. The van der Waals surface area contributed by atoms with E-state index in [2.05, 4.69) is 9.97 Å². The minimum absolute atomic E-state index is 0.0445. The Labute approximate surface area is 155 Å². The van der Waals surface area contributed by atoms with E-state index >= 15 is 0 Å². The molecule has 1 amide bonds. The van der Waals surface area contributed by atoms with E-state index in [1.807, 2.05) is 36.4 Å². The van der Waals surface area contributed by atoms with Gasteiger partial charge in [-0.05, 0) is 35.9 Å². The van der Waals surface area contributed by atoms with E-state index < -0.39 is 0 Å². The lowest BCUT2D eigenvalue weighted by Gasteiger charge is -2.16. The summed E-state index contributed by atoms with van der Waals surface area (Å²) in [5.74, 6) is 2.30. The summed E-state index contributed by atoms with van der Waals surface area (Å²) in [4.78, 5) is 21.9. The van der Waals surface area contributed by atoms with Crippen LogP contribution in [-0.4, -0.2) is 41.2 Å². The highest BCUT2D eigenvalue weighted by Gasteiger charge is 2.16. The Morgan fingerprint density at radius 1 is 1.23 bits per heavy atom. The molecule has 1 aromatic heterocycles. The first-order valence-electron chi connectivity index (χ1n) is 8.35. The smallest absolute Gasteiger partial charge is 0.231 e. The lowest BCUT2D eigenvalue weighted by atomic mass is 10.1. The maximum absolute atomic E-state index is 12.5. The third-order valence-corrected chi connectivity index (χ3v) is 4.63. The summed E-state index contributed by atoms with van der Waals surface area (Å²) in [5, 5.41) is 0.670. The van der Waals surface area contributed by atoms with Crippen molar-refractivity contribution in [2.45, 2.75) is 12.8 Å². The van der Waals surface area contributed by atoms with Crippen molar-refractivity contribution in [2.75, 3.05) is 20.4 Å². The number of rotatable bonds is 5. The highest BCUT2D eigenvalue weighted by molar-refractivity contribution is 6.31. The van der Waals surface area contributed by atoms with Gasteiger partial charge in [0.25, 0.3) is 0 Å². The summed E-state index contributed by atoms with van der Waals surface area (Å²) in [6.45, 7) is 0.812. The molecule has 4 rings (SSSR count). The normalized spacial score (nSPS) is 12.5. The number of aromatic amines is 1. The number of fused-ring (bicyclic) bond motifs is 2. The van der Waals surface area contributed by atoms with Crippen LogP contribution in [0.4, 0.5) is 0 Å². The second-order valence-electron chi connectivity index (χ2n) is 6.27. The molecule has 0 atom stereocenters. The molecule has 134 valence electrons. The molecule has 7 heteroatoms. The summed E-state index contributed by atoms with van der Waals surface area (Å²) in [5.41, 5.74) is 2.69. The fraction of sp³-hybridized carbons (Fsp3) is 0.263. The molecule has 0 saturated heterocycles. The number of halogens is 1. The number of carbonyl (C=O) groups is 1. The molecule has 26 heavy (non-hydrogen) atoms. The Morgan fingerprint density at radius 3 is 2.96 bits per heavy atom. The van der Waals surface area contributed by atoms with Crippen LogP contribution in [0.15, 0.2) is 36.4 Å². The van der Waals surface area contributed by atoms with Gasteiger partial charge >= 0.3 is 0 Å². The number of aromatic nitrogens is 2. The van der Waals surface area contributed by atoms with E-state index in [0.717, 1.165) is 28.2 Å². The molecular formula is C19H18ClN3O3. The molecule has 0 saturated carbocycles. The van der Waals surface area contributed by atoms with Gasteiger partial charge in [0.1, 0.15) is 5.82 Å². The van der Waals surface area contributed by atoms with Gasteiger partial charge in [-0.2, -0.15) is 0 Å². The maximum atomic E-state index is 12.5. The predicted molar refractivity (Wildman–Crippen MR) is 98.7 cm³/mol. The van der Waals surface area contributed by atoms with Crippen LogP contribution in [0.5, 0.6) is 11.5 Å². The van der Waals surface area contributed by atoms with Crippen LogP contribution < -0.4 is 9.47 Å². The third-order valence-electron chi connectivity index (χ3n) is 4.40. The molecule has 0 fully saturated rings. The van der Waals surface area contributed by atoms with Crippen molar-refractivity contribution in [1.29, 1.82) is 0 Å². The number of amides is 1. The monoisotopic (exact) mass is 371 g/mol. The van der Waals surface area contributed by atoms with Crippen LogP contribution in [0.3, 0.4) is 0 Å². The van der Waals surface area contributed by atoms with Crippen molar-refractivity contribution in [3.05, 3.63) is 52.8 Å². The molecule has 6 nitrogen and oxygen atoms in total. The van der Waals surface area contributed by atoms with Gasteiger partial charge < -0.3 is 19.4 Å².